The van der Waals surface area contributed by atoms with Crippen LogP contribution in [-0.2, 0) is 16.1 Å². The number of carbonyl (C=O) groups excluding carboxylic acids is 2. The number of amides is 2. The van der Waals surface area contributed by atoms with E-state index in [0.29, 0.717) is 31.1 Å². The van der Waals surface area contributed by atoms with Crippen molar-refractivity contribution in [3.8, 4) is 0 Å². The van der Waals surface area contributed by atoms with Gasteiger partial charge in [-0.3, -0.25) is 14.5 Å². The minimum Gasteiger partial charge on any atom is -0.335 e. The highest BCUT2D eigenvalue weighted by Gasteiger charge is 2.31. The largest absolute Gasteiger partial charge is 0.335 e. The number of hydrogen-bond donors (Lipinski definition) is 0. The Kier molecular flexibility index (Phi) is 5.53. The fraction of sp³-hybridized carbons (Fsp3) is 0.571. The molecule has 0 bridgehead atoms. The van der Waals surface area contributed by atoms with Crippen LogP contribution in [0.3, 0.4) is 0 Å². The summed E-state index contributed by atoms with van der Waals surface area (Å²) in [5.74, 6) is -0.00640. The Morgan fingerprint density at radius 1 is 1.00 bits per heavy atom. The van der Waals surface area contributed by atoms with E-state index in [0.717, 1.165) is 31.7 Å². The van der Waals surface area contributed by atoms with E-state index in [2.05, 4.69) is 10.0 Å². The van der Waals surface area contributed by atoms with Gasteiger partial charge in [-0.1, -0.05) is 43.2 Å². The zero-order chi connectivity index (χ0) is 18.6. The molecule has 4 rings (SSSR count). The summed E-state index contributed by atoms with van der Waals surface area (Å²) in [6, 6.07) is 10.5. The van der Waals surface area contributed by atoms with E-state index in [1.807, 2.05) is 35.2 Å². The summed E-state index contributed by atoms with van der Waals surface area (Å²) in [6.07, 6.45) is 6.09. The number of benzene rings is 1. The van der Waals surface area contributed by atoms with Crippen molar-refractivity contribution in [1.29, 1.82) is 0 Å². The summed E-state index contributed by atoms with van der Waals surface area (Å²) in [5, 5.41) is 5.88. The predicted molar refractivity (Wildman–Crippen MR) is 104 cm³/mol. The van der Waals surface area contributed by atoms with Crippen LogP contribution in [0, 0.1) is 0 Å². The van der Waals surface area contributed by atoms with Crippen LogP contribution in [0.25, 0.3) is 0 Å². The maximum atomic E-state index is 12.9. The van der Waals surface area contributed by atoms with E-state index < -0.39 is 0 Å². The lowest BCUT2D eigenvalue weighted by molar-refractivity contribution is -0.132. The third kappa shape index (κ3) is 4.21. The molecule has 0 radical (unpaired) electrons. The van der Waals surface area contributed by atoms with Gasteiger partial charge >= 0.3 is 0 Å². The van der Waals surface area contributed by atoms with Gasteiger partial charge in [-0.15, -0.1) is 0 Å². The lowest BCUT2D eigenvalue weighted by Crippen LogP contribution is -2.53. The highest BCUT2D eigenvalue weighted by Crippen LogP contribution is 2.24. The number of piperazine rings is 1. The fourth-order valence-corrected chi connectivity index (χ4v) is 4.38. The SMILES string of the molecule is O=C(C1=NN(Cc2ccccc2)C(=O)CC1)N1CCN(C2CCCC2)CC1. The molecular formula is C21H28N4O2. The summed E-state index contributed by atoms with van der Waals surface area (Å²) >= 11 is 0. The van der Waals surface area contributed by atoms with Crippen molar-refractivity contribution in [3.63, 3.8) is 0 Å². The van der Waals surface area contributed by atoms with Gasteiger partial charge in [0.1, 0.15) is 5.71 Å². The first-order valence-corrected chi connectivity index (χ1v) is 10.2. The van der Waals surface area contributed by atoms with E-state index in [1.54, 1.807) is 0 Å². The molecule has 2 aliphatic heterocycles. The summed E-state index contributed by atoms with van der Waals surface area (Å²) in [6.45, 7) is 3.86. The lowest BCUT2D eigenvalue weighted by atomic mass is 10.1. The second kappa shape index (κ2) is 8.21. The molecule has 0 unspecified atom stereocenters. The second-order valence-electron chi connectivity index (χ2n) is 7.75. The van der Waals surface area contributed by atoms with Gasteiger partial charge in [0.05, 0.1) is 6.54 Å². The Morgan fingerprint density at radius 3 is 2.41 bits per heavy atom. The Balaban J connectivity index is 1.37. The van der Waals surface area contributed by atoms with Gasteiger partial charge in [-0.25, -0.2) is 5.01 Å². The summed E-state index contributed by atoms with van der Waals surface area (Å²) in [5.41, 5.74) is 1.55. The van der Waals surface area contributed by atoms with Gasteiger partial charge < -0.3 is 4.90 Å². The molecule has 0 aromatic heterocycles. The summed E-state index contributed by atoms with van der Waals surface area (Å²) in [4.78, 5) is 29.6. The van der Waals surface area contributed by atoms with Crippen LogP contribution in [0.5, 0.6) is 0 Å². The maximum absolute atomic E-state index is 12.9. The maximum Gasteiger partial charge on any atom is 0.270 e. The first-order chi connectivity index (χ1) is 13.2. The molecule has 3 aliphatic rings. The minimum atomic E-state index is -0.0125. The van der Waals surface area contributed by atoms with Crippen LogP contribution in [0.2, 0.25) is 0 Å². The normalized spacial score (nSPS) is 22.2. The van der Waals surface area contributed by atoms with Crippen molar-refractivity contribution in [2.45, 2.75) is 51.1 Å². The Morgan fingerprint density at radius 2 is 1.70 bits per heavy atom. The summed E-state index contributed by atoms with van der Waals surface area (Å²) in [7, 11) is 0. The smallest absolute Gasteiger partial charge is 0.270 e. The van der Waals surface area contributed by atoms with Gasteiger partial charge in [0.25, 0.3) is 5.91 Å². The van der Waals surface area contributed by atoms with Gasteiger partial charge in [-0.05, 0) is 18.4 Å². The molecule has 1 aliphatic carbocycles. The molecule has 0 spiro atoms. The fourth-order valence-electron chi connectivity index (χ4n) is 4.38. The van der Waals surface area contributed by atoms with Gasteiger partial charge in [0.15, 0.2) is 0 Å². The Bertz CT molecular complexity index is 704. The van der Waals surface area contributed by atoms with Gasteiger partial charge in [0.2, 0.25) is 5.91 Å². The molecule has 2 fully saturated rings. The summed E-state index contributed by atoms with van der Waals surface area (Å²) < 4.78 is 0. The second-order valence-corrected chi connectivity index (χ2v) is 7.75. The average Bonchev–Trinajstić information content (AvgIpc) is 3.25. The van der Waals surface area contributed by atoms with E-state index >= 15 is 0 Å². The number of rotatable bonds is 4. The minimum absolute atomic E-state index is 0.00614. The van der Waals surface area contributed by atoms with E-state index in [9.17, 15) is 9.59 Å². The molecule has 1 aromatic carbocycles. The topological polar surface area (TPSA) is 56.2 Å². The zero-order valence-corrected chi connectivity index (χ0v) is 15.8. The third-order valence-electron chi connectivity index (χ3n) is 5.97. The first kappa shape index (κ1) is 18.2. The Labute approximate surface area is 160 Å². The molecule has 2 heterocycles. The van der Waals surface area contributed by atoms with Crippen molar-refractivity contribution in [1.82, 2.24) is 14.8 Å². The van der Waals surface area contributed by atoms with Crippen LogP contribution < -0.4 is 0 Å². The van der Waals surface area contributed by atoms with Gasteiger partial charge in [-0.2, -0.15) is 5.10 Å². The number of nitrogens with zero attached hydrogens (tertiary/aromatic N) is 4. The molecule has 0 N–H and O–H groups in total. The van der Waals surface area contributed by atoms with Crippen molar-refractivity contribution < 1.29 is 9.59 Å². The molecule has 27 heavy (non-hydrogen) atoms. The molecule has 2 amide bonds. The van der Waals surface area contributed by atoms with E-state index in [4.69, 9.17) is 0 Å². The standard InChI is InChI=1S/C21H28N4O2/c26-20-11-10-19(22-25(20)16-17-6-2-1-3-7-17)21(27)24-14-12-23(13-15-24)18-8-4-5-9-18/h1-3,6-7,18H,4-5,8-16H2. The van der Waals surface area contributed by atoms with Gasteiger partial charge in [0, 0.05) is 45.1 Å². The molecule has 1 saturated heterocycles. The highest BCUT2D eigenvalue weighted by molar-refractivity contribution is 6.39. The first-order valence-electron chi connectivity index (χ1n) is 10.2. The predicted octanol–water partition coefficient (Wildman–Crippen LogP) is 2.25. The van der Waals surface area contributed by atoms with Crippen molar-refractivity contribution >= 4 is 17.5 Å². The molecule has 1 aromatic rings. The highest BCUT2D eigenvalue weighted by atomic mass is 16.2. The van der Waals surface area contributed by atoms with Crippen LogP contribution in [0.4, 0.5) is 0 Å². The van der Waals surface area contributed by atoms with Crippen molar-refractivity contribution in [2.24, 2.45) is 5.10 Å². The number of carbonyl (C=O) groups is 2. The quantitative estimate of drug-likeness (QED) is 0.819. The van der Waals surface area contributed by atoms with Crippen molar-refractivity contribution in [2.75, 3.05) is 26.2 Å². The zero-order valence-electron chi connectivity index (χ0n) is 15.8. The van der Waals surface area contributed by atoms with Crippen LogP contribution >= 0.6 is 0 Å². The molecule has 0 atom stereocenters. The lowest BCUT2D eigenvalue weighted by Gasteiger charge is -2.38. The molecule has 144 valence electrons. The molecule has 6 heteroatoms. The van der Waals surface area contributed by atoms with Crippen molar-refractivity contribution in [3.05, 3.63) is 35.9 Å². The average molecular weight is 368 g/mol. The Hall–Kier alpha value is -2.21. The molecule has 6 nitrogen and oxygen atoms in total. The number of hydrazone groups is 1. The van der Waals surface area contributed by atoms with E-state index in [1.165, 1.54) is 30.7 Å². The van der Waals surface area contributed by atoms with Crippen LogP contribution in [-0.4, -0.2) is 64.6 Å². The molecular weight excluding hydrogens is 340 g/mol. The third-order valence-corrected chi connectivity index (χ3v) is 5.97. The van der Waals surface area contributed by atoms with E-state index in [-0.39, 0.29) is 11.8 Å². The number of hydrogen-bond acceptors (Lipinski definition) is 4. The monoisotopic (exact) mass is 368 g/mol. The van der Waals surface area contributed by atoms with Crippen LogP contribution in [0.15, 0.2) is 35.4 Å². The van der Waals surface area contributed by atoms with Crippen LogP contribution in [0.1, 0.15) is 44.1 Å². The molecule has 1 saturated carbocycles.